The summed E-state index contributed by atoms with van der Waals surface area (Å²) in [5, 5.41) is 5.30. The van der Waals surface area contributed by atoms with E-state index >= 15 is 0 Å². The predicted octanol–water partition coefficient (Wildman–Crippen LogP) is 1.91. The molecule has 0 unspecified atom stereocenters. The lowest BCUT2D eigenvalue weighted by Crippen LogP contribution is -2.44. The van der Waals surface area contributed by atoms with Crippen molar-refractivity contribution in [2.24, 2.45) is 0 Å². The fourth-order valence-electron chi connectivity index (χ4n) is 2.96. The smallest absolute Gasteiger partial charge is 0.144 e. The Bertz CT molecular complexity index is 581. The van der Waals surface area contributed by atoms with Crippen molar-refractivity contribution in [3.05, 3.63) is 60.7 Å². The van der Waals surface area contributed by atoms with Crippen LogP contribution in [0.3, 0.4) is 0 Å². The van der Waals surface area contributed by atoms with Crippen LogP contribution in [0.2, 0.25) is 0 Å². The van der Waals surface area contributed by atoms with E-state index in [9.17, 15) is 4.57 Å². The van der Waals surface area contributed by atoms with Gasteiger partial charge in [0.1, 0.15) is 7.14 Å². The van der Waals surface area contributed by atoms with E-state index in [2.05, 4.69) is 10.2 Å². The highest BCUT2D eigenvalue weighted by Gasteiger charge is 2.27. The number of piperazine rings is 1. The maximum Gasteiger partial charge on any atom is 0.144 e. The van der Waals surface area contributed by atoms with E-state index < -0.39 is 7.14 Å². The van der Waals surface area contributed by atoms with Gasteiger partial charge in [0, 0.05) is 49.5 Å². The highest BCUT2D eigenvalue weighted by molar-refractivity contribution is 7.78. The monoisotopic (exact) mass is 314 g/mol. The molecular formula is C18H23N2OP. The maximum atomic E-state index is 13.8. The van der Waals surface area contributed by atoms with Gasteiger partial charge in [-0.3, -0.25) is 0 Å². The minimum atomic E-state index is -2.55. The number of benzene rings is 2. The van der Waals surface area contributed by atoms with Gasteiger partial charge in [0.15, 0.2) is 0 Å². The quantitative estimate of drug-likeness (QED) is 0.856. The summed E-state index contributed by atoms with van der Waals surface area (Å²) in [6, 6.07) is 19.9. The second-order valence-electron chi connectivity index (χ2n) is 5.73. The molecule has 116 valence electrons. The van der Waals surface area contributed by atoms with Crippen LogP contribution < -0.4 is 15.9 Å². The molecule has 1 heterocycles. The molecule has 1 aliphatic rings. The highest BCUT2D eigenvalue weighted by Crippen LogP contribution is 2.42. The normalized spacial score (nSPS) is 16.5. The molecule has 0 bridgehead atoms. The Morgan fingerprint density at radius 2 is 1.36 bits per heavy atom. The van der Waals surface area contributed by atoms with Gasteiger partial charge in [-0.15, -0.1) is 0 Å². The van der Waals surface area contributed by atoms with Gasteiger partial charge in [-0.1, -0.05) is 60.7 Å². The third-order valence-corrected chi connectivity index (χ3v) is 7.38. The number of rotatable bonds is 5. The van der Waals surface area contributed by atoms with Crippen LogP contribution in [0.25, 0.3) is 0 Å². The first-order valence-corrected chi connectivity index (χ1v) is 9.82. The Morgan fingerprint density at radius 1 is 0.864 bits per heavy atom. The Morgan fingerprint density at radius 3 is 1.86 bits per heavy atom. The third kappa shape index (κ3) is 3.49. The van der Waals surface area contributed by atoms with E-state index in [4.69, 9.17) is 0 Å². The molecular weight excluding hydrogens is 291 g/mol. The molecule has 0 amide bonds. The first kappa shape index (κ1) is 15.5. The molecule has 1 N–H and O–H groups in total. The predicted molar refractivity (Wildman–Crippen MR) is 93.9 cm³/mol. The van der Waals surface area contributed by atoms with Crippen LogP contribution in [-0.4, -0.2) is 43.8 Å². The lowest BCUT2D eigenvalue weighted by Gasteiger charge is -2.29. The fourth-order valence-corrected chi connectivity index (χ4v) is 5.65. The zero-order chi connectivity index (χ0) is 15.3. The van der Waals surface area contributed by atoms with E-state index in [1.54, 1.807) is 0 Å². The SMILES string of the molecule is O=P(CCN1CCNCC1)(c1ccccc1)c1ccccc1. The van der Waals surface area contributed by atoms with Crippen molar-refractivity contribution in [3.63, 3.8) is 0 Å². The van der Waals surface area contributed by atoms with Crippen molar-refractivity contribution in [1.82, 2.24) is 10.2 Å². The van der Waals surface area contributed by atoms with Crippen LogP contribution in [0.1, 0.15) is 0 Å². The average molecular weight is 314 g/mol. The lowest BCUT2D eigenvalue weighted by atomic mass is 10.4. The molecule has 2 aromatic rings. The van der Waals surface area contributed by atoms with Crippen LogP contribution in [-0.2, 0) is 4.57 Å². The van der Waals surface area contributed by atoms with E-state index in [1.807, 2.05) is 60.7 Å². The largest absolute Gasteiger partial charge is 0.314 e. The zero-order valence-corrected chi connectivity index (χ0v) is 13.7. The number of hydrogen-bond donors (Lipinski definition) is 1. The second-order valence-corrected chi connectivity index (χ2v) is 8.69. The summed E-state index contributed by atoms with van der Waals surface area (Å²) in [6.45, 7) is 5.04. The minimum Gasteiger partial charge on any atom is -0.314 e. The Balaban J connectivity index is 1.85. The Hall–Kier alpha value is -1.41. The van der Waals surface area contributed by atoms with Crippen LogP contribution in [0.15, 0.2) is 60.7 Å². The number of nitrogens with one attached hydrogen (secondary N) is 1. The third-order valence-electron chi connectivity index (χ3n) is 4.29. The van der Waals surface area contributed by atoms with Gasteiger partial charge in [0.05, 0.1) is 0 Å². The average Bonchev–Trinajstić information content (AvgIpc) is 2.62. The van der Waals surface area contributed by atoms with Gasteiger partial charge < -0.3 is 14.8 Å². The fraction of sp³-hybridized carbons (Fsp3) is 0.333. The van der Waals surface area contributed by atoms with Crippen LogP contribution in [0, 0.1) is 0 Å². The summed E-state index contributed by atoms with van der Waals surface area (Å²) < 4.78 is 13.8. The summed E-state index contributed by atoms with van der Waals surface area (Å²) in [4.78, 5) is 2.41. The summed E-state index contributed by atoms with van der Waals surface area (Å²) in [7, 11) is -2.55. The van der Waals surface area contributed by atoms with Gasteiger partial charge in [-0.05, 0) is 0 Å². The Kier molecular flexibility index (Phi) is 5.09. The van der Waals surface area contributed by atoms with Gasteiger partial charge in [0.25, 0.3) is 0 Å². The van der Waals surface area contributed by atoms with Crippen LogP contribution in [0.5, 0.6) is 0 Å². The highest BCUT2D eigenvalue weighted by atomic mass is 31.2. The summed E-state index contributed by atoms with van der Waals surface area (Å²) in [5.41, 5.74) is 0. The molecule has 3 rings (SSSR count). The van der Waals surface area contributed by atoms with Crippen molar-refractivity contribution in [1.29, 1.82) is 0 Å². The van der Waals surface area contributed by atoms with E-state index in [0.29, 0.717) is 6.16 Å². The molecule has 0 spiro atoms. The minimum absolute atomic E-state index is 0.709. The van der Waals surface area contributed by atoms with E-state index in [1.165, 1.54) is 0 Å². The second kappa shape index (κ2) is 7.23. The first-order chi connectivity index (χ1) is 10.8. The standard InChI is InChI=1S/C18H23N2OP/c21-22(17-7-3-1-4-8-17,18-9-5-2-6-10-18)16-15-20-13-11-19-12-14-20/h1-10,19H,11-16H2. The van der Waals surface area contributed by atoms with E-state index in [-0.39, 0.29) is 0 Å². The molecule has 1 aliphatic heterocycles. The maximum absolute atomic E-state index is 13.8. The van der Waals surface area contributed by atoms with Crippen molar-refractivity contribution >= 4 is 17.8 Å². The summed E-state index contributed by atoms with van der Waals surface area (Å²) in [6.07, 6.45) is 0.709. The molecule has 22 heavy (non-hydrogen) atoms. The van der Waals surface area contributed by atoms with Crippen molar-refractivity contribution in [3.8, 4) is 0 Å². The molecule has 1 saturated heterocycles. The van der Waals surface area contributed by atoms with Gasteiger partial charge >= 0.3 is 0 Å². The zero-order valence-electron chi connectivity index (χ0n) is 12.8. The Labute approximate surface area is 132 Å². The lowest BCUT2D eigenvalue weighted by molar-refractivity contribution is 0.254. The van der Waals surface area contributed by atoms with Gasteiger partial charge in [0.2, 0.25) is 0 Å². The van der Waals surface area contributed by atoms with Crippen LogP contribution >= 0.6 is 7.14 Å². The van der Waals surface area contributed by atoms with Crippen molar-refractivity contribution in [2.45, 2.75) is 0 Å². The molecule has 0 atom stereocenters. The summed E-state index contributed by atoms with van der Waals surface area (Å²) in [5.74, 6) is 0. The van der Waals surface area contributed by atoms with Crippen LogP contribution in [0.4, 0.5) is 0 Å². The van der Waals surface area contributed by atoms with Crippen molar-refractivity contribution in [2.75, 3.05) is 38.9 Å². The van der Waals surface area contributed by atoms with Gasteiger partial charge in [-0.25, -0.2) is 0 Å². The molecule has 3 nitrogen and oxygen atoms in total. The molecule has 0 radical (unpaired) electrons. The topological polar surface area (TPSA) is 32.3 Å². The molecule has 2 aromatic carbocycles. The molecule has 0 saturated carbocycles. The summed E-state index contributed by atoms with van der Waals surface area (Å²) >= 11 is 0. The van der Waals surface area contributed by atoms with E-state index in [0.717, 1.165) is 43.3 Å². The molecule has 0 aromatic heterocycles. The molecule has 0 aliphatic carbocycles. The number of nitrogens with zero attached hydrogens (tertiary/aromatic N) is 1. The van der Waals surface area contributed by atoms with Gasteiger partial charge in [-0.2, -0.15) is 0 Å². The molecule has 1 fully saturated rings. The first-order valence-electron chi connectivity index (χ1n) is 7.92. The number of hydrogen-bond acceptors (Lipinski definition) is 3. The van der Waals surface area contributed by atoms with Crippen molar-refractivity contribution < 1.29 is 4.57 Å². The molecule has 4 heteroatoms.